The highest BCUT2D eigenvalue weighted by Crippen LogP contribution is 2.18. The quantitative estimate of drug-likeness (QED) is 0.870. The van der Waals surface area contributed by atoms with Gasteiger partial charge in [0.2, 0.25) is 11.4 Å². The van der Waals surface area contributed by atoms with Gasteiger partial charge in [-0.15, -0.1) is 0 Å². The minimum atomic E-state index is -1.23. The zero-order valence-electron chi connectivity index (χ0n) is 12.2. The molecule has 1 aliphatic heterocycles. The van der Waals surface area contributed by atoms with Crippen LogP contribution in [0.15, 0.2) is 17.2 Å². The Morgan fingerprint density at radius 1 is 1.36 bits per heavy atom. The standard InChI is InChI=1S/C14H16N4O3.H2O/c1-2-17-8-10(13(20)21)11(19)9-7-15-14(16-12(9)17)18-5-3-4-6-18;/h7-8H,2-6H2,1H3,(H,20,21);1H2. The highest BCUT2D eigenvalue weighted by molar-refractivity contribution is 5.91. The predicted octanol–water partition coefficient (Wildman–Crippen LogP) is 0.285. The fourth-order valence-corrected chi connectivity index (χ4v) is 2.63. The number of aromatic carboxylic acids is 1. The molecule has 2 aromatic heterocycles. The fraction of sp³-hybridized carbons (Fsp3) is 0.429. The van der Waals surface area contributed by atoms with E-state index in [4.69, 9.17) is 5.11 Å². The van der Waals surface area contributed by atoms with E-state index < -0.39 is 11.4 Å². The molecule has 0 amide bonds. The number of aromatic nitrogens is 3. The zero-order valence-corrected chi connectivity index (χ0v) is 12.2. The van der Waals surface area contributed by atoms with Gasteiger partial charge in [0.1, 0.15) is 11.2 Å². The van der Waals surface area contributed by atoms with Crippen LogP contribution in [0, 0.1) is 0 Å². The second-order valence-electron chi connectivity index (χ2n) is 5.06. The molecule has 1 saturated heterocycles. The van der Waals surface area contributed by atoms with E-state index in [0.717, 1.165) is 25.9 Å². The SMILES string of the molecule is CCn1cc(C(=O)O)c(=O)c2cnc(N3CCCC3)nc21.O. The number of anilines is 1. The van der Waals surface area contributed by atoms with Gasteiger partial charge in [-0.3, -0.25) is 4.79 Å². The van der Waals surface area contributed by atoms with Gasteiger partial charge in [0.05, 0.1) is 5.39 Å². The first-order valence-corrected chi connectivity index (χ1v) is 7.00. The van der Waals surface area contributed by atoms with E-state index in [9.17, 15) is 9.59 Å². The molecule has 0 radical (unpaired) electrons. The Hall–Kier alpha value is -2.48. The van der Waals surface area contributed by atoms with Crippen LogP contribution in [0.25, 0.3) is 11.0 Å². The third-order valence-electron chi connectivity index (χ3n) is 3.76. The van der Waals surface area contributed by atoms with Crippen LogP contribution in [0.5, 0.6) is 0 Å². The molecule has 3 N–H and O–H groups in total. The molecule has 3 rings (SSSR count). The lowest BCUT2D eigenvalue weighted by Gasteiger charge is -2.16. The van der Waals surface area contributed by atoms with Crippen molar-refractivity contribution in [2.24, 2.45) is 0 Å². The highest BCUT2D eigenvalue weighted by atomic mass is 16.4. The maximum Gasteiger partial charge on any atom is 0.341 e. The van der Waals surface area contributed by atoms with E-state index in [-0.39, 0.29) is 16.4 Å². The fourth-order valence-electron chi connectivity index (χ4n) is 2.63. The van der Waals surface area contributed by atoms with E-state index in [1.807, 2.05) is 6.92 Å². The molecule has 0 aliphatic carbocycles. The topological polar surface area (TPSA) is 120 Å². The number of carboxylic acid groups (broad SMARTS) is 1. The number of hydrogen-bond acceptors (Lipinski definition) is 5. The van der Waals surface area contributed by atoms with E-state index in [1.54, 1.807) is 4.57 Å². The average Bonchev–Trinajstić information content (AvgIpc) is 3.01. The van der Waals surface area contributed by atoms with Gasteiger partial charge in [0, 0.05) is 32.0 Å². The molecule has 1 aliphatic rings. The molecule has 1 fully saturated rings. The molecule has 0 saturated carbocycles. The first kappa shape index (κ1) is 15.9. The summed E-state index contributed by atoms with van der Waals surface area (Å²) in [6, 6.07) is 0. The second-order valence-corrected chi connectivity index (χ2v) is 5.06. The van der Waals surface area contributed by atoms with Gasteiger partial charge >= 0.3 is 5.97 Å². The molecular weight excluding hydrogens is 288 g/mol. The number of hydrogen-bond donors (Lipinski definition) is 1. The number of aryl methyl sites for hydroxylation is 1. The molecule has 2 aromatic rings. The molecule has 0 spiro atoms. The highest BCUT2D eigenvalue weighted by Gasteiger charge is 2.19. The summed E-state index contributed by atoms with van der Waals surface area (Å²) in [6.45, 7) is 4.24. The van der Waals surface area contributed by atoms with Crippen LogP contribution >= 0.6 is 0 Å². The maximum absolute atomic E-state index is 12.2. The van der Waals surface area contributed by atoms with Crippen molar-refractivity contribution in [2.45, 2.75) is 26.3 Å². The third-order valence-corrected chi connectivity index (χ3v) is 3.76. The van der Waals surface area contributed by atoms with E-state index in [0.29, 0.717) is 18.1 Å². The van der Waals surface area contributed by atoms with Gasteiger partial charge in [-0.1, -0.05) is 0 Å². The van der Waals surface area contributed by atoms with Crippen LogP contribution in [0.3, 0.4) is 0 Å². The molecule has 8 nitrogen and oxygen atoms in total. The molecule has 0 aromatic carbocycles. The number of carbonyl (C=O) groups is 1. The summed E-state index contributed by atoms with van der Waals surface area (Å²) in [6.07, 6.45) is 5.02. The van der Waals surface area contributed by atoms with Crippen LogP contribution < -0.4 is 10.3 Å². The van der Waals surface area contributed by atoms with Crippen LogP contribution in [-0.2, 0) is 6.54 Å². The van der Waals surface area contributed by atoms with Crippen LogP contribution in [0.4, 0.5) is 5.95 Å². The summed E-state index contributed by atoms with van der Waals surface area (Å²) in [5, 5.41) is 9.36. The van der Waals surface area contributed by atoms with Gasteiger partial charge in [0.15, 0.2) is 0 Å². The van der Waals surface area contributed by atoms with Crippen LogP contribution in [0.2, 0.25) is 0 Å². The van der Waals surface area contributed by atoms with Crippen molar-refractivity contribution in [3.8, 4) is 0 Å². The predicted molar refractivity (Wildman–Crippen MR) is 81.5 cm³/mol. The van der Waals surface area contributed by atoms with Gasteiger partial charge in [-0.2, -0.15) is 4.98 Å². The zero-order chi connectivity index (χ0) is 15.0. The molecule has 0 unspecified atom stereocenters. The third kappa shape index (κ3) is 2.52. The lowest BCUT2D eigenvalue weighted by Crippen LogP contribution is -2.23. The number of rotatable bonds is 3. The summed E-state index contributed by atoms with van der Waals surface area (Å²) in [5.74, 6) is -0.627. The van der Waals surface area contributed by atoms with Gasteiger partial charge in [-0.25, -0.2) is 9.78 Å². The number of pyridine rings is 1. The number of nitrogens with zero attached hydrogens (tertiary/aromatic N) is 4. The first-order chi connectivity index (χ1) is 10.1. The molecule has 118 valence electrons. The van der Waals surface area contributed by atoms with Crippen molar-refractivity contribution in [3.05, 3.63) is 28.2 Å². The summed E-state index contributed by atoms with van der Waals surface area (Å²) < 4.78 is 1.68. The van der Waals surface area contributed by atoms with Gasteiger partial charge in [-0.05, 0) is 19.8 Å². The molecule has 0 bridgehead atoms. The molecule has 22 heavy (non-hydrogen) atoms. The first-order valence-electron chi connectivity index (χ1n) is 7.00. The Morgan fingerprint density at radius 2 is 2.05 bits per heavy atom. The Morgan fingerprint density at radius 3 is 2.64 bits per heavy atom. The molecule has 0 atom stereocenters. The van der Waals surface area contributed by atoms with Gasteiger partial charge < -0.3 is 20.0 Å². The lowest BCUT2D eigenvalue weighted by atomic mass is 10.2. The summed E-state index contributed by atoms with van der Waals surface area (Å²) in [5.41, 5.74) is -0.290. The van der Waals surface area contributed by atoms with Gasteiger partial charge in [0.25, 0.3) is 0 Å². The Bertz CT molecular complexity index is 765. The van der Waals surface area contributed by atoms with Crippen molar-refractivity contribution < 1.29 is 15.4 Å². The largest absolute Gasteiger partial charge is 0.477 e. The van der Waals surface area contributed by atoms with Crippen molar-refractivity contribution >= 4 is 23.0 Å². The lowest BCUT2D eigenvalue weighted by molar-refractivity contribution is 0.0695. The van der Waals surface area contributed by atoms with Crippen LogP contribution in [-0.4, -0.2) is 44.2 Å². The number of fused-ring (bicyclic) bond motifs is 1. The van der Waals surface area contributed by atoms with E-state index in [2.05, 4.69) is 14.9 Å². The Balaban J connectivity index is 0.00000176. The van der Waals surface area contributed by atoms with Crippen molar-refractivity contribution in [1.82, 2.24) is 14.5 Å². The van der Waals surface area contributed by atoms with Crippen molar-refractivity contribution in [2.75, 3.05) is 18.0 Å². The minimum absolute atomic E-state index is 0. The van der Waals surface area contributed by atoms with Crippen LogP contribution in [0.1, 0.15) is 30.1 Å². The molecular formula is C14H18N4O4. The maximum atomic E-state index is 12.2. The molecule has 3 heterocycles. The van der Waals surface area contributed by atoms with Crippen molar-refractivity contribution in [3.63, 3.8) is 0 Å². The average molecular weight is 306 g/mol. The second kappa shape index (κ2) is 6.10. The van der Waals surface area contributed by atoms with Crippen molar-refractivity contribution in [1.29, 1.82) is 0 Å². The monoisotopic (exact) mass is 306 g/mol. The minimum Gasteiger partial charge on any atom is -0.477 e. The Kier molecular flexibility index (Phi) is 4.41. The van der Waals surface area contributed by atoms with E-state index >= 15 is 0 Å². The molecule has 8 heteroatoms. The number of carboxylic acids is 1. The smallest absolute Gasteiger partial charge is 0.341 e. The van der Waals surface area contributed by atoms with E-state index in [1.165, 1.54) is 12.4 Å². The Labute approximate surface area is 126 Å². The summed E-state index contributed by atoms with van der Waals surface area (Å²) >= 11 is 0. The summed E-state index contributed by atoms with van der Waals surface area (Å²) in [7, 11) is 0. The normalized spacial score (nSPS) is 14.1. The summed E-state index contributed by atoms with van der Waals surface area (Å²) in [4.78, 5) is 34.1.